The van der Waals surface area contributed by atoms with E-state index in [0.717, 1.165) is 29.9 Å². The number of nitrogens with zero attached hydrogens (tertiary/aromatic N) is 2. The van der Waals surface area contributed by atoms with Crippen LogP contribution >= 0.6 is 0 Å². The minimum Gasteiger partial charge on any atom is -0.310 e. The highest BCUT2D eigenvalue weighted by molar-refractivity contribution is 5.27. The summed E-state index contributed by atoms with van der Waals surface area (Å²) in [6, 6.07) is 0.111. The Kier molecular flexibility index (Phi) is 5.40. The van der Waals surface area contributed by atoms with Crippen LogP contribution in [0.4, 0.5) is 13.2 Å². The molecule has 0 aliphatic heterocycles. The van der Waals surface area contributed by atoms with Gasteiger partial charge >= 0.3 is 6.18 Å². The maximum Gasteiger partial charge on any atom is 0.390 e. The average Bonchev–Trinajstić information content (AvgIpc) is 2.58. The van der Waals surface area contributed by atoms with Crippen molar-refractivity contribution >= 4 is 0 Å². The Balaban J connectivity index is 2.82. The molecule has 110 valence electrons. The Morgan fingerprint density at radius 3 is 2.47 bits per heavy atom. The first-order chi connectivity index (χ1) is 8.76. The van der Waals surface area contributed by atoms with Crippen molar-refractivity contribution in [1.29, 1.82) is 0 Å². The van der Waals surface area contributed by atoms with Crippen molar-refractivity contribution in [3.8, 4) is 0 Å². The van der Waals surface area contributed by atoms with E-state index < -0.39 is 12.6 Å². The van der Waals surface area contributed by atoms with Gasteiger partial charge in [0.25, 0.3) is 0 Å². The molecule has 6 heteroatoms. The van der Waals surface area contributed by atoms with E-state index in [9.17, 15) is 13.2 Å². The molecular weight excluding hydrogens is 255 g/mol. The van der Waals surface area contributed by atoms with Crippen LogP contribution in [0, 0.1) is 13.8 Å². The van der Waals surface area contributed by atoms with Crippen LogP contribution in [-0.4, -0.2) is 22.5 Å². The lowest BCUT2D eigenvalue weighted by Gasteiger charge is -2.14. The van der Waals surface area contributed by atoms with E-state index >= 15 is 0 Å². The van der Waals surface area contributed by atoms with Crippen molar-refractivity contribution in [2.45, 2.75) is 59.3 Å². The van der Waals surface area contributed by atoms with Crippen molar-refractivity contribution in [2.75, 3.05) is 6.54 Å². The van der Waals surface area contributed by atoms with Crippen molar-refractivity contribution in [3.63, 3.8) is 0 Å². The summed E-state index contributed by atoms with van der Waals surface area (Å²) in [5.74, 6) is 0. The second-order valence-electron chi connectivity index (χ2n) is 4.85. The van der Waals surface area contributed by atoms with Gasteiger partial charge in [0.2, 0.25) is 0 Å². The first-order valence-electron chi connectivity index (χ1n) is 6.60. The van der Waals surface area contributed by atoms with Gasteiger partial charge in [0.15, 0.2) is 0 Å². The number of halogens is 3. The molecule has 1 heterocycles. The van der Waals surface area contributed by atoms with Gasteiger partial charge in [0, 0.05) is 23.8 Å². The minimum atomic E-state index is -4.14. The van der Waals surface area contributed by atoms with E-state index in [1.807, 2.05) is 20.8 Å². The summed E-state index contributed by atoms with van der Waals surface area (Å²) in [7, 11) is 0. The fourth-order valence-electron chi connectivity index (χ4n) is 2.25. The number of alkyl halides is 3. The van der Waals surface area contributed by atoms with E-state index in [1.54, 1.807) is 0 Å². The minimum absolute atomic E-state index is 0.111. The molecule has 1 rings (SSSR count). The summed E-state index contributed by atoms with van der Waals surface area (Å²) in [5, 5.41) is 7.56. The Hall–Kier alpha value is -1.04. The zero-order valence-electron chi connectivity index (χ0n) is 11.9. The number of aromatic nitrogens is 2. The van der Waals surface area contributed by atoms with Crippen LogP contribution in [0.1, 0.15) is 49.7 Å². The Morgan fingerprint density at radius 2 is 1.95 bits per heavy atom. The van der Waals surface area contributed by atoms with Gasteiger partial charge in [-0.15, -0.1) is 0 Å². The van der Waals surface area contributed by atoms with E-state index in [1.165, 1.54) is 4.68 Å². The van der Waals surface area contributed by atoms with Crippen molar-refractivity contribution in [3.05, 3.63) is 17.0 Å². The van der Waals surface area contributed by atoms with Gasteiger partial charge in [0.1, 0.15) is 0 Å². The zero-order valence-corrected chi connectivity index (χ0v) is 11.9. The summed E-state index contributed by atoms with van der Waals surface area (Å²) in [5.41, 5.74) is 2.63. The van der Waals surface area contributed by atoms with Crippen LogP contribution in [0.2, 0.25) is 0 Å². The Bertz CT molecular complexity index is 410. The second-order valence-corrected chi connectivity index (χ2v) is 4.85. The molecule has 0 aliphatic rings. The maximum atomic E-state index is 12.3. The highest BCUT2D eigenvalue weighted by atomic mass is 19.4. The summed E-state index contributed by atoms with van der Waals surface area (Å²) in [6.45, 7) is 8.53. The van der Waals surface area contributed by atoms with Crippen molar-refractivity contribution in [2.24, 2.45) is 0 Å². The fraction of sp³-hybridized carbons (Fsp3) is 0.769. The largest absolute Gasteiger partial charge is 0.390 e. The van der Waals surface area contributed by atoms with E-state index in [2.05, 4.69) is 17.3 Å². The molecule has 0 amide bonds. The van der Waals surface area contributed by atoms with Crippen molar-refractivity contribution < 1.29 is 13.2 Å². The van der Waals surface area contributed by atoms with Gasteiger partial charge in [-0.25, -0.2) is 0 Å². The summed E-state index contributed by atoms with van der Waals surface area (Å²) < 4.78 is 38.2. The van der Waals surface area contributed by atoms with E-state index in [4.69, 9.17) is 0 Å². The standard InChI is InChI=1S/C13H22F3N3/c1-5-7-17-9(2)12-10(3)18-19(11(12)4)8-6-13(14,15)16/h9,17H,5-8H2,1-4H3. The van der Waals surface area contributed by atoms with Gasteiger partial charge in [-0.3, -0.25) is 4.68 Å². The lowest BCUT2D eigenvalue weighted by atomic mass is 10.1. The van der Waals surface area contributed by atoms with Gasteiger partial charge in [-0.1, -0.05) is 6.92 Å². The second kappa shape index (κ2) is 6.41. The molecule has 3 nitrogen and oxygen atoms in total. The lowest BCUT2D eigenvalue weighted by molar-refractivity contribution is -0.137. The average molecular weight is 277 g/mol. The van der Waals surface area contributed by atoms with Crippen LogP contribution in [-0.2, 0) is 6.54 Å². The number of aryl methyl sites for hydroxylation is 2. The Morgan fingerprint density at radius 1 is 1.32 bits per heavy atom. The monoisotopic (exact) mass is 277 g/mol. The summed E-state index contributed by atoms with van der Waals surface area (Å²) in [4.78, 5) is 0. The lowest BCUT2D eigenvalue weighted by Crippen LogP contribution is -2.20. The van der Waals surface area contributed by atoms with Crippen LogP contribution in [0.5, 0.6) is 0 Å². The highest BCUT2D eigenvalue weighted by Gasteiger charge is 2.27. The topological polar surface area (TPSA) is 29.9 Å². The van der Waals surface area contributed by atoms with Gasteiger partial charge in [-0.05, 0) is 33.7 Å². The molecule has 0 saturated carbocycles. The van der Waals surface area contributed by atoms with Gasteiger partial charge in [0.05, 0.1) is 12.1 Å². The number of nitrogens with one attached hydrogen (secondary N) is 1. The van der Waals surface area contributed by atoms with Crippen LogP contribution in [0.3, 0.4) is 0 Å². The molecule has 0 radical (unpaired) electrons. The quantitative estimate of drug-likeness (QED) is 0.862. The highest BCUT2D eigenvalue weighted by Crippen LogP contribution is 2.24. The molecule has 1 unspecified atom stereocenters. The molecule has 0 spiro atoms. The predicted octanol–water partition coefficient (Wildman–Crippen LogP) is 3.51. The molecule has 1 N–H and O–H groups in total. The third kappa shape index (κ3) is 4.53. The fourth-order valence-corrected chi connectivity index (χ4v) is 2.25. The molecule has 0 bridgehead atoms. The molecule has 0 aliphatic carbocycles. The van der Waals surface area contributed by atoms with Crippen LogP contribution in [0.15, 0.2) is 0 Å². The molecule has 1 aromatic rings. The maximum absolute atomic E-state index is 12.3. The molecular formula is C13H22F3N3. The smallest absolute Gasteiger partial charge is 0.310 e. The van der Waals surface area contributed by atoms with Crippen LogP contribution < -0.4 is 5.32 Å². The first kappa shape index (κ1) is 16.0. The van der Waals surface area contributed by atoms with E-state index in [-0.39, 0.29) is 12.6 Å². The number of rotatable bonds is 6. The van der Waals surface area contributed by atoms with Crippen LogP contribution in [0.25, 0.3) is 0 Å². The van der Waals surface area contributed by atoms with Gasteiger partial charge < -0.3 is 5.32 Å². The molecule has 0 fully saturated rings. The zero-order chi connectivity index (χ0) is 14.6. The third-order valence-electron chi connectivity index (χ3n) is 3.18. The summed E-state index contributed by atoms with van der Waals surface area (Å²) >= 11 is 0. The van der Waals surface area contributed by atoms with Crippen molar-refractivity contribution in [1.82, 2.24) is 15.1 Å². The SMILES string of the molecule is CCCNC(C)c1c(C)nn(CCC(F)(F)F)c1C. The molecule has 19 heavy (non-hydrogen) atoms. The first-order valence-corrected chi connectivity index (χ1v) is 6.60. The normalized spacial score (nSPS) is 13.8. The number of hydrogen-bond acceptors (Lipinski definition) is 2. The predicted molar refractivity (Wildman–Crippen MR) is 69.1 cm³/mol. The molecule has 1 aromatic heterocycles. The number of hydrogen-bond donors (Lipinski definition) is 1. The Labute approximate surface area is 112 Å². The third-order valence-corrected chi connectivity index (χ3v) is 3.18. The summed E-state index contributed by atoms with van der Waals surface area (Å²) in [6.07, 6.45) is -3.96. The van der Waals surface area contributed by atoms with E-state index in [0.29, 0.717) is 0 Å². The van der Waals surface area contributed by atoms with Gasteiger partial charge in [-0.2, -0.15) is 18.3 Å². The molecule has 0 saturated heterocycles. The molecule has 1 atom stereocenters. The molecule has 0 aromatic carbocycles.